The van der Waals surface area contributed by atoms with Crippen molar-refractivity contribution in [2.24, 2.45) is 0 Å². The van der Waals surface area contributed by atoms with Crippen LogP contribution >= 0.6 is 0 Å². The third-order valence-electron chi connectivity index (χ3n) is 5.06. The first-order chi connectivity index (χ1) is 15.0. The molecule has 4 rings (SSSR count). The molecule has 1 saturated heterocycles. The topological polar surface area (TPSA) is 86.3 Å². The molecule has 1 aliphatic rings. The zero-order valence-electron chi connectivity index (χ0n) is 17.5. The van der Waals surface area contributed by atoms with Crippen LogP contribution in [0.25, 0.3) is 0 Å². The zero-order valence-corrected chi connectivity index (χ0v) is 17.5. The third-order valence-corrected chi connectivity index (χ3v) is 5.06. The van der Waals surface area contributed by atoms with Gasteiger partial charge < -0.3 is 20.4 Å². The molecule has 2 N–H and O–H groups in total. The van der Waals surface area contributed by atoms with Crippen LogP contribution in [0.3, 0.4) is 0 Å². The average molecular weight is 421 g/mol. The lowest BCUT2D eigenvalue weighted by molar-refractivity contribution is 0.208. The van der Waals surface area contributed by atoms with Gasteiger partial charge >= 0.3 is 6.03 Å². The number of amides is 2. The van der Waals surface area contributed by atoms with Crippen LogP contribution in [-0.4, -0.2) is 52.1 Å². The van der Waals surface area contributed by atoms with Crippen LogP contribution in [0.5, 0.6) is 0 Å². The standard InChI is InChI=1S/C22H24FN7O/c1-15-6-7-17(13-18(15)23)27-22(31)30-11-9-29(10-12-30)21-14-20(25-16(2)26-21)28-19-5-3-4-8-24-19/h3-8,13-14H,9-12H2,1-2H3,(H,27,31)(H,24,25,26,28). The largest absolute Gasteiger partial charge is 0.353 e. The molecule has 0 radical (unpaired) electrons. The van der Waals surface area contributed by atoms with E-state index in [1.165, 1.54) is 6.07 Å². The van der Waals surface area contributed by atoms with Gasteiger partial charge in [0, 0.05) is 44.1 Å². The Bertz CT molecular complexity index is 1070. The van der Waals surface area contributed by atoms with Crippen LogP contribution < -0.4 is 15.5 Å². The van der Waals surface area contributed by atoms with Gasteiger partial charge in [0.25, 0.3) is 0 Å². The Morgan fingerprint density at radius 2 is 1.81 bits per heavy atom. The van der Waals surface area contributed by atoms with Crippen molar-refractivity contribution in [3.63, 3.8) is 0 Å². The van der Waals surface area contributed by atoms with E-state index in [9.17, 15) is 9.18 Å². The van der Waals surface area contributed by atoms with Crippen molar-refractivity contribution in [3.05, 3.63) is 65.9 Å². The molecule has 160 valence electrons. The highest BCUT2D eigenvalue weighted by Gasteiger charge is 2.23. The van der Waals surface area contributed by atoms with Gasteiger partial charge in [0.05, 0.1) is 0 Å². The number of halogens is 1. The Balaban J connectivity index is 1.38. The first-order valence-electron chi connectivity index (χ1n) is 10.1. The van der Waals surface area contributed by atoms with Crippen LogP contribution in [0.2, 0.25) is 0 Å². The van der Waals surface area contributed by atoms with E-state index in [1.54, 1.807) is 30.2 Å². The van der Waals surface area contributed by atoms with E-state index in [1.807, 2.05) is 31.2 Å². The molecule has 0 atom stereocenters. The number of hydrogen-bond donors (Lipinski definition) is 2. The summed E-state index contributed by atoms with van der Waals surface area (Å²) >= 11 is 0. The normalized spacial score (nSPS) is 13.8. The number of anilines is 4. The summed E-state index contributed by atoms with van der Waals surface area (Å²) in [6, 6.07) is 12.0. The van der Waals surface area contributed by atoms with Gasteiger partial charge in [-0.15, -0.1) is 0 Å². The number of aryl methyl sites for hydroxylation is 2. The minimum absolute atomic E-state index is 0.237. The van der Waals surface area contributed by atoms with Gasteiger partial charge in [0.2, 0.25) is 0 Å². The molecule has 0 bridgehead atoms. The van der Waals surface area contributed by atoms with Crippen LogP contribution in [-0.2, 0) is 0 Å². The molecule has 1 aliphatic heterocycles. The van der Waals surface area contributed by atoms with Gasteiger partial charge in [-0.25, -0.2) is 24.1 Å². The van der Waals surface area contributed by atoms with E-state index < -0.39 is 0 Å². The van der Waals surface area contributed by atoms with Crippen molar-refractivity contribution in [3.8, 4) is 0 Å². The number of urea groups is 1. The number of benzene rings is 1. The quantitative estimate of drug-likeness (QED) is 0.668. The van der Waals surface area contributed by atoms with Crippen molar-refractivity contribution < 1.29 is 9.18 Å². The van der Waals surface area contributed by atoms with Crippen LogP contribution in [0.4, 0.5) is 32.3 Å². The molecule has 1 aromatic carbocycles. The van der Waals surface area contributed by atoms with E-state index in [2.05, 4.69) is 30.5 Å². The monoisotopic (exact) mass is 421 g/mol. The molecule has 3 heterocycles. The van der Waals surface area contributed by atoms with Crippen molar-refractivity contribution in [2.75, 3.05) is 41.7 Å². The number of carbonyl (C=O) groups excluding carboxylic acids is 1. The molecule has 0 aliphatic carbocycles. The van der Waals surface area contributed by atoms with Crippen molar-refractivity contribution in [1.82, 2.24) is 19.9 Å². The number of aromatic nitrogens is 3. The zero-order chi connectivity index (χ0) is 21.8. The fourth-order valence-electron chi connectivity index (χ4n) is 3.36. The molecule has 0 spiro atoms. The Morgan fingerprint density at radius 3 is 2.52 bits per heavy atom. The Labute approximate surface area is 180 Å². The summed E-state index contributed by atoms with van der Waals surface area (Å²) in [5.74, 6) is 2.49. The Hall–Kier alpha value is -3.75. The molecule has 2 amide bonds. The second-order valence-corrected chi connectivity index (χ2v) is 7.37. The van der Waals surface area contributed by atoms with E-state index in [-0.39, 0.29) is 11.8 Å². The summed E-state index contributed by atoms with van der Waals surface area (Å²) < 4.78 is 13.7. The minimum atomic E-state index is -0.336. The van der Waals surface area contributed by atoms with E-state index in [0.717, 1.165) is 5.82 Å². The molecule has 3 aromatic rings. The van der Waals surface area contributed by atoms with Crippen LogP contribution in [0.15, 0.2) is 48.7 Å². The molecule has 0 saturated carbocycles. The molecule has 8 nitrogen and oxygen atoms in total. The fourth-order valence-corrected chi connectivity index (χ4v) is 3.36. The fraction of sp³-hybridized carbons (Fsp3) is 0.273. The number of nitrogens with zero attached hydrogens (tertiary/aromatic N) is 5. The lowest BCUT2D eigenvalue weighted by Gasteiger charge is -2.35. The average Bonchev–Trinajstić information content (AvgIpc) is 2.77. The third kappa shape index (κ3) is 5.06. The number of carbonyl (C=O) groups is 1. The molecular weight excluding hydrogens is 397 g/mol. The molecular formula is C22H24FN7O. The Kier molecular flexibility index (Phi) is 5.92. The maximum Gasteiger partial charge on any atom is 0.321 e. The molecule has 2 aromatic heterocycles. The molecule has 31 heavy (non-hydrogen) atoms. The van der Waals surface area contributed by atoms with Gasteiger partial charge in [-0.05, 0) is 43.7 Å². The molecule has 1 fully saturated rings. The van der Waals surface area contributed by atoms with Gasteiger partial charge in [-0.1, -0.05) is 12.1 Å². The summed E-state index contributed by atoms with van der Waals surface area (Å²) in [6.07, 6.45) is 1.71. The number of piperazine rings is 1. The lowest BCUT2D eigenvalue weighted by Crippen LogP contribution is -2.50. The van der Waals surface area contributed by atoms with Crippen molar-refractivity contribution in [2.45, 2.75) is 13.8 Å². The van der Waals surface area contributed by atoms with Crippen LogP contribution in [0, 0.1) is 19.7 Å². The SMILES string of the molecule is Cc1nc(Nc2ccccn2)cc(N2CCN(C(=O)Nc3ccc(C)c(F)c3)CC2)n1. The van der Waals surface area contributed by atoms with Crippen LogP contribution in [0.1, 0.15) is 11.4 Å². The van der Waals surface area contributed by atoms with Gasteiger partial charge in [-0.2, -0.15) is 0 Å². The van der Waals surface area contributed by atoms with E-state index in [0.29, 0.717) is 54.9 Å². The summed E-state index contributed by atoms with van der Waals surface area (Å²) in [5.41, 5.74) is 0.996. The maximum absolute atomic E-state index is 13.7. The second kappa shape index (κ2) is 8.95. The first-order valence-corrected chi connectivity index (χ1v) is 10.1. The Morgan fingerprint density at radius 1 is 1.00 bits per heavy atom. The number of nitrogens with one attached hydrogen (secondary N) is 2. The van der Waals surface area contributed by atoms with E-state index >= 15 is 0 Å². The van der Waals surface area contributed by atoms with Gasteiger partial charge in [0.15, 0.2) is 0 Å². The number of pyridine rings is 1. The first kappa shape index (κ1) is 20.5. The minimum Gasteiger partial charge on any atom is -0.353 e. The summed E-state index contributed by atoms with van der Waals surface area (Å²) in [7, 11) is 0. The highest BCUT2D eigenvalue weighted by atomic mass is 19.1. The van der Waals surface area contributed by atoms with E-state index in [4.69, 9.17) is 0 Å². The predicted molar refractivity (Wildman–Crippen MR) is 118 cm³/mol. The number of rotatable bonds is 4. The smallest absolute Gasteiger partial charge is 0.321 e. The predicted octanol–water partition coefficient (Wildman–Crippen LogP) is 3.73. The van der Waals surface area contributed by atoms with Crippen molar-refractivity contribution in [1.29, 1.82) is 0 Å². The summed E-state index contributed by atoms with van der Waals surface area (Å²) in [4.78, 5) is 29.6. The highest BCUT2D eigenvalue weighted by Crippen LogP contribution is 2.21. The lowest BCUT2D eigenvalue weighted by atomic mass is 10.2. The molecule has 9 heteroatoms. The second-order valence-electron chi connectivity index (χ2n) is 7.37. The molecule has 0 unspecified atom stereocenters. The van der Waals surface area contributed by atoms with Gasteiger partial charge in [-0.3, -0.25) is 0 Å². The summed E-state index contributed by atoms with van der Waals surface area (Å²) in [6.45, 7) is 5.87. The summed E-state index contributed by atoms with van der Waals surface area (Å²) in [5, 5.41) is 5.96. The van der Waals surface area contributed by atoms with Gasteiger partial charge in [0.1, 0.15) is 29.1 Å². The number of hydrogen-bond acceptors (Lipinski definition) is 6. The highest BCUT2D eigenvalue weighted by molar-refractivity contribution is 5.89. The maximum atomic E-state index is 13.7. The van der Waals surface area contributed by atoms with Crippen molar-refractivity contribution >= 4 is 29.2 Å².